The standard InChI is InChI=1S/C21H26O7/c1-23-15-9-7-13(8-10-15)19(26-4)18(21(22)28-6)14-11-16(24-2)20(27-5)17(12-14)25-3/h7-12,18-19H,1-6H3/t18-,19+/m1/s1. The van der Waals surface area contributed by atoms with Crippen LogP contribution in [0.1, 0.15) is 23.1 Å². The lowest BCUT2D eigenvalue weighted by Gasteiger charge is -2.26. The maximum absolute atomic E-state index is 12.7. The third kappa shape index (κ3) is 4.31. The SMILES string of the molecule is COC(=O)[C@H](c1cc(OC)c(OC)c(OC)c1)[C@@H](OC)c1ccc(OC)cc1. The highest BCUT2D eigenvalue weighted by Crippen LogP contribution is 2.43. The summed E-state index contributed by atoms with van der Waals surface area (Å²) in [6.45, 7) is 0. The van der Waals surface area contributed by atoms with Crippen LogP contribution < -0.4 is 18.9 Å². The monoisotopic (exact) mass is 390 g/mol. The smallest absolute Gasteiger partial charge is 0.316 e. The van der Waals surface area contributed by atoms with E-state index < -0.39 is 18.0 Å². The number of esters is 1. The van der Waals surface area contributed by atoms with Crippen molar-refractivity contribution in [3.8, 4) is 23.0 Å². The minimum absolute atomic E-state index is 0.440. The van der Waals surface area contributed by atoms with E-state index in [1.54, 1.807) is 26.4 Å². The second-order valence-corrected chi connectivity index (χ2v) is 5.89. The third-order valence-electron chi connectivity index (χ3n) is 4.50. The van der Waals surface area contributed by atoms with Gasteiger partial charge in [-0.25, -0.2) is 0 Å². The van der Waals surface area contributed by atoms with E-state index in [0.717, 1.165) is 5.56 Å². The van der Waals surface area contributed by atoms with Gasteiger partial charge in [0.25, 0.3) is 0 Å². The topological polar surface area (TPSA) is 72.5 Å². The fraction of sp³-hybridized carbons (Fsp3) is 0.381. The Labute approximate surface area is 165 Å². The maximum Gasteiger partial charge on any atom is 0.316 e. The van der Waals surface area contributed by atoms with Crippen LogP contribution in [0.25, 0.3) is 0 Å². The molecule has 2 aromatic rings. The lowest BCUT2D eigenvalue weighted by atomic mass is 9.88. The second kappa shape index (κ2) is 9.85. The van der Waals surface area contributed by atoms with Crippen LogP contribution in [0.5, 0.6) is 23.0 Å². The van der Waals surface area contributed by atoms with Gasteiger partial charge in [0.2, 0.25) is 5.75 Å². The van der Waals surface area contributed by atoms with Gasteiger partial charge in [-0.1, -0.05) is 12.1 Å². The molecule has 7 nitrogen and oxygen atoms in total. The van der Waals surface area contributed by atoms with E-state index in [0.29, 0.717) is 28.6 Å². The zero-order valence-corrected chi connectivity index (χ0v) is 17.0. The molecular formula is C21H26O7. The molecule has 2 rings (SSSR count). The Bertz CT molecular complexity index is 761. The third-order valence-corrected chi connectivity index (χ3v) is 4.50. The van der Waals surface area contributed by atoms with Crippen molar-refractivity contribution in [2.45, 2.75) is 12.0 Å². The van der Waals surface area contributed by atoms with Crippen molar-refractivity contribution in [2.75, 3.05) is 42.7 Å². The maximum atomic E-state index is 12.7. The number of carbonyl (C=O) groups excluding carboxylic acids is 1. The van der Waals surface area contributed by atoms with Crippen molar-refractivity contribution in [3.63, 3.8) is 0 Å². The molecule has 0 amide bonds. The molecule has 0 spiro atoms. The van der Waals surface area contributed by atoms with E-state index in [9.17, 15) is 4.79 Å². The molecule has 2 atom stereocenters. The molecule has 0 heterocycles. The minimum Gasteiger partial charge on any atom is -0.497 e. The highest BCUT2D eigenvalue weighted by Gasteiger charge is 2.34. The summed E-state index contributed by atoms with van der Waals surface area (Å²) in [7, 11) is 9.04. The number of rotatable bonds is 9. The van der Waals surface area contributed by atoms with Gasteiger partial charge in [0.05, 0.1) is 41.7 Å². The first-order chi connectivity index (χ1) is 13.5. The van der Waals surface area contributed by atoms with Crippen LogP contribution in [0.3, 0.4) is 0 Å². The summed E-state index contributed by atoms with van der Waals surface area (Å²) >= 11 is 0. The lowest BCUT2D eigenvalue weighted by Crippen LogP contribution is -2.23. The van der Waals surface area contributed by atoms with Crippen molar-refractivity contribution < 1.29 is 33.2 Å². The molecule has 0 aliphatic heterocycles. The van der Waals surface area contributed by atoms with E-state index >= 15 is 0 Å². The molecule has 0 saturated carbocycles. The Hall–Kier alpha value is -2.93. The van der Waals surface area contributed by atoms with E-state index in [4.69, 9.17) is 28.4 Å². The Morgan fingerprint density at radius 1 is 0.750 bits per heavy atom. The summed E-state index contributed by atoms with van der Waals surface area (Å²) in [4.78, 5) is 12.7. The van der Waals surface area contributed by atoms with Gasteiger partial charge in [-0.15, -0.1) is 0 Å². The summed E-state index contributed by atoms with van der Waals surface area (Å²) in [6, 6.07) is 10.8. The first-order valence-electron chi connectivity index (χ1n) is 8.59. The molecule has 0 bridgehead atoms. The zero-order chi connectivity index (χ0) is 20.7. The van der Waals surface area contributed by atoms with Gasteiger partial charge >= 0.3 is 5.97 Å². The summed E-state index contributed by atoms with van der Waals surface area (Å²) in [5.41, 5.74) is 1.41. The molecule has 7 heteroatoms. The molecule has 0 aromatic heterocycles. The molecule has 0 fully saturated rings. The summed E-state index contributed by atoms with van der Waals surface area (Å²) in [5, 5.41) is 0. The van der Waals surface area contributed by atoms with Gasteiger partial charge in [0.15, 0.2) is 11.5 Å². The molecule has 28 heavy (non-hydrogen) atoms. The summed E-state index contributed by atoms with van der Waals surface area (Å²) in [5.74, 6) is 0.830. The van der Waals surface area contributed by atoms with E-state index in [1.165, 1.54) is 28.4 Å². The van der Waals surface area contributed by atoms with Crippen molar-refractivity contribution in [1.82, 2.24) is 0 Å². The van der Waals surface area contributed by atoms with Crippen LogP contribution in [0, 0.1) is 0 Å². The average Bonchev–Trinajstić information content (AvgIpc) is 2.75. The Kier molecular flexibility index (Phi) is 7.52. The van der Waals surface area contributed by atoms with Crippen LogP contribution in [-0.2, 0) is 14.3 Å². The normalized spacial score (nSPS) is 12.6. The number of ether oxygens (including phenoxy) is 6. The fourth-order valence-electron chi connectivity index (χ4n) is 3.10. The predicted molar refractivity (Wildman–Crippen MR) is 104 cm³/mol. The minimum atomic E-state index is -0.753. The van der Waals surface area contributed by atoms with E-state index in [1.807, 2.05) is 24.3 Å². The molecule has 2 aromatic carbocycles. The Morgan fingerprint density at radius 3 is 1.71 bits per heavy atom. The lowest BCUT2D eigenvalue weighted by molar-refractivity contribution is -0.146. The van der Waals surface area contributed by atoms with Crippen LogP contribution >= 0.6 is 0 Å². The first kappa shape index (κ1) is 21.4. The number of benzene rings is 2. The predicted octanol–water partition coefficient (Wildman–Crippen LogP) is 3.37. The van der Waals surface area contributed by atoms with Gasteiger partial charge in [0, 0.05) is 7.11 Å². The van der Waals surface area contributed by atoms with Crippen molar-refractivity contribution >= 4 is 5.97 Å². The quantitative estimate of drug-likeness (QED) is 0.608. The number of hydrogen-bond donors (Lipinski definition) is 0. The second-order valence-electron chi connectivity index (χ2n) is 5.89. The fourth-order valence-corrected chi connectivity index (χ4v) is 3.10. The molecule has 0 aliphatic rings. The van der Waals surface area contributed by atoms with Crippen molar-refractivity contribution in [2.24, 2.45) is 0 Å². The molecule has 0 aliphatic carbocycles. The van der Waals surface area contributed by atoms with Gasteiger partial charge in [-0.2, -0.15) is 0 Å². The molecule has 152 valence electrons. The number of carbonyl (C=O) groups is 1. The number of hydrogen-bond acceptors (Lipinski definition) is 7. The molecule has 0 N–H and O–H groups in total. The van der Waals surface area contributed by atoms with Crippen LogP contribution in [0.2, 0.25) is 0 Å². The molecular weight excluding hydrogens is 364 g/mol. The van der Waals surface area contributed by atoms with Crippen molar-refractivity contribution in [1.29, 1.82) is 0 Å². The van der Waals surface area contributed by atoms with E-state index in [2.05, 4.69) is 0 Å². The van der Waals surface area contributed by atoms with Crippen molar-refractivity contribution in [3.05, 3.63) is 47.5 Å². The van der Waals surface area contributed by atoms with Gasteiger partial charge in [-0.05, 0) is 35.4 Å². The van der Waals surface area contributed by atoms with Gasteiger partial charge in [0.1, 0.15) is 11.7 Å². The Morgan fingerprint density at radius 2 is 1.32 bits per heavy atom. The average molecular weight is 390 g/mol. The van der Waals surface area contributed by atoms with Crippen LogP contribution in [0.4, 0.5) is 0 Å². The van der Waals surface area contributed by atoms with Crippen LogP contribution in [-0.4, -0.2) is 48.6 Å². The highest BCUT2D eigenvalue weighted by atomic mass is 16.5. The summed E-state index contributed by atoms with van der Waals surface area (Å²) < 4.78 is 32.2. The largest absolute Gasteiger partial charge is 0.497 e. The van der Waals surface area contributed by atoms with Gasteiger partial charge < -0.3 is 28.4 Å². The number of methoxy groups -OCH3 is 6. The summed E-state index contributed by atoms with van der Waals surface area (Å²) in [6.07, 6.45) is -0.596. The molecule has 0 saturated heterocycles. The van der Waals surface area contributed by atoms with E-state index in [-0.39, 0.29) is 0 Å². The molecule has 0 unspecified atom stereocenters. The van der Waals surface area contributed by atoms with Crippen LogP contribution in [0.15, 0.2) is 36.4 Å². The van der Waals surface area contributed by atoms with Gasteiger partial charge in [-0.3, -0.25) is 4.79 Å². The zero-order valence-electron chi connectivity index (χ0n) is 17.0. The first-order valence-corrected chi connectivity index (χ1v) is 8.59. The molecule has 0 radical (unpaired) electrons. The highest BCUT2D eigenvalue weighted by molar-refractivity contribution is 5.80. The Balaban J connectivity index is 2.60.